The van der Waals surface area contributed by atoms with Crippen LogP contribution >= 0.6 is 0 Å². The largest absolute Gasteiger partial charge is 0.352 e. The quantitative estimate of drug-likeness (QED) is 0.521. The van der Waals surface area contributed by atoms with Crippen molar-refractivity contribution in [2.45, 2.75) is 66.2 Å². The Morgan fingerprint density at radius 1 is 1.00 bits per heavy atom. The zero-order valence-electron chi connectivity index (χ0n) is 12.4. The molecule has 0 amide bonds. The summed E-state index contributed by atoms with van der Waals surface area (Å²) < 4.78 is 11.2. The van der Waals surface area contributed by atoms with Gasteiger partial charge in [-0.15, -0.1) is 0 Å². The van der Waals surface area contributed by atoms with E-state index in [1.54, 1.807) is 0 Å². The molecule has 0 radical (unpaired) electrons. The summed E-state index contributed by atoms with van der Waals surface area (Å²) in [5.74, 6) is 0. The minimum atomic E-state index is -0.0733. The zero-order valence-corrected chi connectivity index (χ0v) is 12.4. The molecule has 0 aromatic carbocycles. The molecule has 0 N–H and O–H groups in total. The van der Waals surface area contributed by atoms with E-state index in [0.29, 0.717) is 19.3 Å². The Balaban J connectivity index is 4.24. The SMILES string of the molecule is CCCCN(CC(OCC)OCC)C(C)CC. The topological polar surface area (TPSA) is 21.7 Å². The lowest BCUT2D eigenvalue weighted by molar-refractivity contribution is -0.150. The van der Waals surface area contributed by atoms with Crippen LogP contribution in [0.3, 0.4) is 0 Å². The Hall–Kier alpha value is -0.120. The molecule has 0 aromatic rings. The van der Waals surface area contributed by atoms with Crippen molar-refractivity contribution >= 4 is 0 Å². The number of rotatable bonds is 11. The molecule has 0 aliphatic rings. The molecule has 0 aromatic heterocycles. The van der Waals surface area contributed by atoms with Crippen molar-refractivity contribution in [1.29, 1.82) is 0 Å². The first-order chi connectivity index (χ1) is 8.19. The number of ether oxygens (including phenoxy) is 2. The van der Waals surface area contributed by atoms with E-state index in [4.69, 9.17) is 9.47 Å². The van der Waals surface area contributed by atoms with E-state index in [1.165, 1.54) is 19.3 Å². The van der Waals surface area contributed by atoms with Crippen molar-refractivity contribution < 1.29 is 9.47 Å². The summed E-state index contributed by atoms with van der Waals surface area (Å²) in [6, 6.07) is 0.602. The van der Waals surface area contributed by atoms with Crippen LogP contribution in [0.15, 0.2) is 0 Å². The molecule has 1 unspecified atom stereocenters. The maximum Gasteiger partial charge on any atom is 0.170 e. The van der Waals surface area contributed by atoms with Gasteiger partial charge in [0.05, 0.1) is 0 Å². The van der Waals surface area contributed by atoms with Crippen molar-refractivity contribution in [3.8, 4) is 0 Å². The van der Waals surface area contributed by atoms with Gasteiger partial charge in [-0.3, -0.25) is 4.90 Å². The smallest absolute Gasteiger partial charge is 0.170 e. The third-order valence-electron chi connectivity index (χ3n) is 3.10. The van der Waals surface area contributed by atoms with Crippen molar-refractivity contribution in [3.63, 3.8) is 0 Å². The van der Waals surface area contributed by atoms with Crippen LogP contribution < -0.4 is 0 Å². The van der Waals surface area contributed by atoms with E-state index in [-0.39, 0.29) is 6.29 Å². The van der Waals surface area contributed by atoms with Crippen LogP contribution in [0.4, 0.5) is 0 Å². The Morgan fingerprint density at radius 3 is 2.00 bits per heavy atom. The Morgan fingerprint density at radius 2 is 1.59 bits per heavy atom. The van der Waals surface area contributed by atoms with Crippen LogP contribution in [0.1, 0.15) is 53.9 Å². The van der Waals surface area contributed by atoms with Gasteiger partial charge in [0, 0.05) is 25.8 Å². The molecule has 3 heteroatoms. The van der Waals surface area contributed by atoms with Crippen LogP contribution in [0.25, 0.3) is 0 Å². The molecular weight excluding hydrogens is 214 g/mol. The summed E-state index contributed by atoms with van der Waals surface area (Å²) in [7, 11) is 0. The fourth-order valence-electron chi connectivity index (χ4n) is 1.83. The van der Waals surface area contributed by atoms with Gasteiger partial charge in [-0.05, 0) is 40.2 Å². The second kappa shape index (κ2) is 11.0. The van der Waals surface area contributed by atoms with Crippen LogP contribution in [0, 0.1) is 0 Å². The molecule has 0 fully saturated rings. The van der Waals surface area contributed by atoms with Crippen LogP contribution in [0.5, 0.6) is 0 Å². The van der Waals surface area contributed by atoms with Crippen molar-refractivity contribution in [1.82, 2.24) is 4.90 Å². The van der Waals surface area contributed by atoms with Gasteiger partial charge in [-0.1, -0.05) is 20.3 Å². The van der Waals surface area contributed by atoms with E-state index in [1.807, 2.05) is 13.8 Å². The summed E-state index contributed by atoms with van der Waals surface area (Å²) in [6.45, 7) is 14.2. The molecule has 0 aliphatic heterocycles. The Labute approximate surface area is 107 Å². The standard InChI is InChI=1S/C14H31NO2/c1-6-10-11-15(13(5)7-2)12-14(16-8-3)17-9-4/h13-14H,6-12H2,1-5H3. The van der Waals surface area contributed by atoms with E-state index in [0.717, 1.165) is 13.1 Å². The van der Waals surface area contributed by atoms with Crippen molar-refractivity contribution in [3.05, 3.63) is 0 Å². The summed E-state index contributed by atoms with van der Waals surface area (Å²) in [6.07, 6.45) is 3.58. The molecule has 0 bridgehead atoms. The van der Waals surface area contributed by atoms with Gasteiger partial charge in [0.15, 0.2) is 6.29 Å². The van der Waals surface area contributed by atoms with E-state index in [9.17, 15) is 0 Å². The van der Waals surface area contributed by atoms with Gasteiger partial charge >= 0.3 is 0 Å². The molecule has 1 atom stereocenters. The van der Waals surface area contributed by atoms with Gasteiger partial charge in [-0.2, -0.15) is 0 Å². The minimum absolute atomic E-state index is 0.0733. The van der Waals surface area contributed by atoms with Crippen molar-refractivity contribution in [2.24, 2.45) is 0 Å². The monoisotopic (exact) mass is 245 g/mol. The second-order valence-electron chi connectivity index (χ2n) is 4.45. The highest BCUT2D eigenvalue weighted by Gasteiger charge is 2.17. The van der Waals surface area contributed by atoms with E-state index < -0.39 is 0 Å². The van der Waals surface area contributed by atoms with Crippen LogP contribution in [-0.2, 0) is 9.47 Å². The molecule has 0 heterocycles. The van der Waals surface area contributed by atoms with Crippen molar-refractivity contribution in [2.75, 3.05) is 26.3 Å². The van der Waals surface area contributed by atoms with Gasteiger partial charge < -0.3 is 9.47 Å². The molecular formula is C14H31NO2. The highest BCUT2D eigenvalue weighted by Crippen LogP contribution is 2.09. The molecule has 0 aliphatic carbocycles. The molecule has 3 nitrogen and oxygen atoms in total. The number of unbranched alkanes of at least 4 members (excludes halogenated alkanes) is 1. The average molecular weight is 245 g/mol. The molecule has 0 saturated carbocycles. The molecule has 104 valence electrons. The molecule has 0 spiro atoms. The highest BCUT2D eigenvalue weighted by molar-refractivity contribution is 4.67. The summed E-state index contributed by atoms with van der Waals surface area (Å²) in [5, 5.41) is 0. The van der Waals surface area contributed by atoms with Crippen LogP contribution in [-0.4, -0.2) is 43.5 Å². The summed E-state index contributed by atoms with van der Waals surface area (Å²) >= 11 is 0. The van der Waals surface area contributed by atoms with E-state index in [2.05, 4.69) is 25.7 Å². The Kier molecular flexibility index (Phi) is 10.9. The van der Waals surface area contributed by atoms with Gasteiger partial charge in [0.1, 0.15) is 0 Å². The predicted octanol–water partition coefficient (Wildman–Crippen LogP) is 3.29. The number of hydrogen-bond acceptors (Lipinski definition) is 3. The number of nitrogens with zero attached hydrogens (tertiary/aromatic N) is 1. The van der Waals surface area contributed by atoms with Gasteiger partial charge in [-0.25, -0.2) is 0 Å². The van der Waals surface area contributed by atoms with Crippen LogP contribution in [0.2, 0.25) is 0 Å². The normalized spacial score (nSPS) is 13.6. The van der Waals surface area contributed by atoms with E-state index >= 15 is 0 Å². The maximum atomic E-state index is 5.62. The highest BCUT2D eigenvalue weighted by atomic mass is 16.7. The Bertz CT molecular complexity index is 158. The molecule has 17 heavy (non-hydrogen) atoms. The first-order valence-electron chi connectivity index (χ1n) is 7.16. The van der Waals surface area contributed by atoms with Gasteiger partial charge in [0.25, 0.3) is 0 Å². The maximum absolute atomic E-state index is 5.62. The first-order valence-corrected chi connectivity index (χ1v) is 7.16. The average Bonchev–Trinajstić information content (AvgIpc) is 2.33. The third kappa shape index (κ3) is 7.74. The second-order valence-corrected chi connectivity index (χ2v) is 4.45. The molecule has 0 rings (SSSR count). The summed E-state index contributed by atoms with van der Waals surface area (Å²) in [5.41, 5.74) is 0. The minimum Gasteiger partial charge on any atom is -0.352 e. The fourth-order valence-corrected chi connectivity index (χ4v) is 1.83. The number of hydrogen-bond donors (Lipinski definition) is 0. The lowest BCUT2D eigenvalue weighted by atomic mass is 10.2. The fraction of sp³-hybridized carbons (Fsp3) is 1.00. The third-order valence-corrected chi connectivity index (χ3v) is 3.10. The first kappa shape index (κ1) is 16.9. The van der Waals surface area contributed by atoms with Gasteiger partial charge in [0.2, 0.25) is 0 Å². The lowest BCUT2D eigenvalue weighted by Crippen LogP contribution is -2.41. The summed E-state index contributed by atoms with van der Waals surface area (Å²) in [4.78, 5) is 2.49. The molecule has 0 saturated heterocycles. The predicted molar refractivity (Wildman–Crippen MR) is 73.3 cm³/mol. The lowest BCUT2D eigenvalue weighted by Gasteiger charge is -2.31. The zero-order chi connectivity index (χ0) is 13.1.